The Morgan fingerprint density at radius 1 is 0.976 bits per heavy atom. The Balaban J connectivity index is 1.95. The predicted octanol–water partition coefficient (Wildman–Crippen LogP) is 2.61. The van der Waals surface area contributed by atoms with Crippen LogP contribution < -0.4 is 21.7 Å². The van der Waals surface area contributed by atoms with Gasteiger partial charge in [-0.05, 0) is 82.3 Å². The van der Waals surface area contributed by atoms with Crippen LogP contribution in [0.1, 0.15) is 49.9 Å². The average molecular weight is 617 g/mol. The third kappa shape index (κ3) is 8.20. The van der Waals surface area contributed by atoms with Crippen molar-refractivity contribution in [3.63, 3.8) is 0 Å². The molecule has 3 amide bonds. The summed E-state index contributed by atoms with van der Waals surface area (Å²) < 4.78 is -1.92. The quantitative estimate of drug-likeness (QED) is 0.256. The number of carbonyl (C=O) groups is 4. The first kappa shape index (κ1) is 33.3. The van der Waals surface area contributed by atoms with Crippen molar-refractivity contribution in [2.45, 2.75) is 88.0 Å². The number of nitrogens with two attached hydrogens (primary N) is 1. The fourth-order valence-electron chi connectivity index (χ4n) is 4.81. The molecule has 12 heteroatoms. The molecule has 0 saturated carbocycles. The first-order valence-corrected chi connectivity index (χ1v) is 15.8. The standard InChI is InChI=1S/C30H40N4O6S2/c1-16-12-19(35)13-17(2)20(16)15-21(31)25(36)33-23-27(38)32-22(14-18-10-8-7-9-11-18)26(37)34-24(28(39)40)30(5,6)42-41-29(23,3)4/h7-13,21-24,35H,14-15,31H2,1-6H3,(H,32,38)(H,33,36)(H,34,37)(H,39,40)/t21-,22-,23+,24-/m0/s1. The van der Waals surface area contributed by atoms with Gasteiger partial charge in [-0.15, -0.1) is 0 Å². The lowest BCUT2D eigenvalue weighted by Crippen LogP contribution is -2.62. The van der Waals surface area contributed by atoms with Gasteiger partial charge in [0.1, 0.15) is 23.9 Å². The van der Waals surface area contributed by atoms with Crippen molar-refractivity contribution in [1.82, 2.24) is 16.0 Å². The molecule has 1 aliphatic heterocycles. The van der Waals surface area contributed by atoms with Crippen molar-refractivity contribution < 1.29 is 29.4 Å². The van der Waals surface area contributed by atoms with Gasteiger partial charge in [0.2, 0.25) is 17.7 Å². The van der Waals surface area contributed by atoms with Crippen molar-refractivity contribution in [2.24, 2.45) is 5.73 Å². The van der Waals surface area contributed by atoms with Crippen LogP contribution in [0.4, 0.5) is 0 Å². The van der Waals surface area contributed by atoms with Gasteiger partial charge in [-0.1, -0.05) is 51.9 Å². The Labute approximate surface area is 254 Å². The summed E-state index contributed by atoms with van der Waals surface area (Å²) in [6, 6.07) is 7.81. The number of phenolic OH excluding ortho intramolecular Hbond substituents is 1. The number of phenols is 1. The molecule has 0 radical (unpaired) electrons. The van der Waals surface area contributed by atoms with Gasteiger partial charge in [0.05, 0.1) is 10.8 Å². The van der Waals surface area contributed by atoms with Crippen molar-refractivity contribution in [2.75, 3.05) is 0 Å². The molecule has 2 aromatic carbocycles. The number of amides is 3. The number of hydrogen-bond donors (Lipinski definition) is 6. The molecule has 7 N–H and O–H groups in total. The van der Waals surface area contributed by atoms with E-state index in [1.54, 1.807) is 39.8 Å². The van der Waals surface area contributed by atoms with Gasteiger partial charge in [0.15, 0.2) is 0 Å². The maximum absolute atomic E-state index is 13.8. The van der Waals surface area contributed by atoms with Crippen LogP contribution in [0, 0.1) is 13.8 Å². The van der Waals surface area contributed by atoms with Gasteiger partial charge in [0, 0.05) is 11.2 Å². The molecule has 1 aliphatic rings. The molecule has 1 saturated heterocycles. The molecule has 228 valence electrons. The molecule has 42 heavy (non-hydrogen) atoms. The Morgan fingerprint density at radius 2 is 1.55 bits per heavy atom. The second kappa shape index (κ2) is 13.4. The van der Waals surface area contributed by atoms with Crippen LogP contribution >= 0.6 is 21.6 Å². The lowest BCUT2D eigenvalue weighted by molar-refractivity contribution is -0.143. The molecule has 0 bridgehead atoms. The van der Waals surface area contributed by atoms with E-state index in [4.69, 9.17) is 5.73 Å². The number of carboxylic acid groups (broad SMARTS) is 1. The summed E-state index contributed by atoms with van der Waals surface area (Å²) >= 11 is 0. The molecule has 1 fully saturated rings. The summed E-state index contributed by atoms with van der Waals surface area (Å²) in [5.74, 6) is -2.85. The van der Waals surface area contributed by atoms with Crippen LogP contribution in [0.25, 0.3) is 0 Å². The van der Waals surface area contributed by atoms with Gasteiger partial charge < -0.3 is 31.9 Å². The summed E-state index contributed by atoms with van der Waals surface area (Å²) in [6.45, 7) is 10.6. The normalized spacial score (nSPS) is 23.1. The van der Waals surface area contributed by atoms with Crippen LogP contribution in [-0.4, -0.2) is 67.6 Å². The third-order valence-corrected chi connectivity index (χ3v) is 11.5. The van der Waals surface area contributed by atoms with Gasteiger partial charge in [-0.25, -0.2) is 4.79 Å². The Hall–Kier alpha value is -3.22. The lowest BCUT2D eigenvalue weighted by atomic mass is 9.95. The highest BCUT2D eigenvalue weighted by Crippen LogP contribution is 2.47. The lowest BCUT2D eigenvalue weighted by Gasteiger charge is -2.36. The van der Waals surface area contributed by atoms with Crippen LogP contribution in [0.15, 0.2) is 42.5 Å². The number of rotatable bonds is 7. The molecule has 0 aliphatic carbocycles. The van der Waals surface area contributed by atoms with E-state index < -0.39 is 57.4 Å². The van der Waals surface area contributed by atoms with Crippen LogP contribution in [-0.2, 0) is 32.0 Å². The monoisotopic (exact) mass is 616 g/mol. The largest absolute Gasteiger partial charge is 0.508 e. The number of aryl methyl sites for hydroxylation is 2. The first-order chi connectivity index (χ1) is 19.5. The van der Waals surface area contributed by atoms with Crippen molar-refractivity contribution >= 4 is 45.3 Å². The van der Waals surface area contributed by atoms with Gasteiger partial charge in [0.25, 0.3) is 0 Å². The number of nitrogens with one attached hydrogen (secondary N) is 3. The average Bonchev–Trinajstić information content (AvgIpc) is 2.90. The molecule has 0 spiro atoms. The van der Waals surface area contributed by atoms with E-state index in [9.17, 15) is 29.4 Å². The summed E-state index contributed by atoms with van der Waals surface area (Å²) in [5.41, 5.74) is 9.50. The van der Waals surface area contributed by atoms with E-state index >= 15 is 0 Å². The van der Waals surface area contributed by atoms with Gasteiger partial charge in [-0.3, -0.25) is 14.4 Å². The fraction of sp³-hybridized carbons (Fsp3) is 0.467. The van der Waals surface area contributed by atoms with E-state index in [1.807, 2.05) is 44.2 Å². The van der Waals surface area contributed by atoms with Crippen molar-refractivity contribution in [1.29, 1.82) is 0 Å². The van der Waals surface area contributed by atoms with E-state index in [1.165, 1.54) is 21.6 Å². The minimum Gasteiger partial charge on any atom is -0.508 e. The predicted molar refractivity (Wildman–Crippen MR) is 166 cm³/mol. The number of benzene rings is 2. The number of carboxylic acids is 1. The zero-order valence-corrected chi connectivity index (χ0v) is 26.3. The van der Waals surface area contributed by atoms with Crippen molar-refractivity contribution in [3.8, 4) is 5.75 Å². The highest BCUT2D eigenvalue weighted by Gasteiger charge is 2.45. The molecule has 1 heterocycles. The minimum absolute atomic E-state index is 0.117. The van der Waals surface area contributed by atoms with Crippen LogP contribution in [0.5, 0.6) is 5.75 Å². The van der Waals surface area contributed by atoms with E-state index in [0.717, 1.165) is 22.3 Å². The molecular formula is C30H40N4O6S2. The number of aromatic hydroxyl groups is 1. The van der Waals surface area contributed by atoms with E-state index in [2.05, 4.69) is 16.0 Å². The molecule has 0 unspecified atom stereocenters. The van der Waals surface area contributed by atoms with Gasteiger partial charge >= 0.3 is 5.97 Å². The Morgan fingerprint density at radius 3 is 2.12 bits per heavy atom. The fourth-order valence-corrected chi connectivity index (χ4v) is 7.62. The maximum atomic E-state index is 13.8. The highest BCUT2D eigenvalue weighted by atomic mass is 33.1. The molecule has 0 aromatic heterocycles. The molecule has 4 atom stereocenters. The molecule has 10 nitrogen and oxygen atoms in total. The molecule has 2 aromatic rings. The zero-order valence-electron chi connectivity index (χ0n) is 24.7. The topological polar surface area (TPSA) is 171 Å². The molecule has 3 rings (SSSR count). The number of carbonyl (C=O) groups excluding carboxylic acids is 3. The van der Waals surface area contributed by atoms with Crippen LogP contribution in [0.3, 0.4) is 0 Å². The number of aliphatic carboxylic acids is 1. The summed E-state index contributed by atoms with van der Waals surface area (Å²) in [7, 11) is 2.48. The van der Waals surface area contributed by atoms with E-state index in [0.29, 0.717) is 0 Å². The third-order valence-electron chi connectivity index (χ3n) is 7.30. The first-order valence-electron chi connectivity index (χ1n) is 13.6. The second-order valence-corrected chi connectivity index (χ2v) is 15.2. The van der Waals surface area contributed by atoms with Crippen LogP contribution in [0.2, 0.25) is 0 Å². The maximum Gasteiger partial charge on any atom is 0.327 e. The van der Waals surface area contributed by atoms with Crippen molar-refractivity contribution in [3.05, 3.63) is 64.7 Å². The zero-order chi connectivity index (χ0) is 31.4. The SMILES string of the molecule is Cc1cc(O)cc(C)c1C[C@H](N)C(=O)N[C@@H]1C(=O)N[C@@H](Cc2ccccc2)C(=O)N[C@@H](C(=O)O)C(C)(C)SSC1(C)C. The van der Waals surface area contributed by atoms with Gasteiger partial charge in [-0.2, -0.15) is 0 Å². The van der Waals surface area contributed by atoms with E-state index in [-0.39, 0.29) is 18.6 Å². The highest BCUT2D eigenvalue weighted by molar-refractivity contribution is 8.77. The summed E-state index contributed by atoms with van der Waals surface area (Å²) in [4.78, 5) is 53.0. The summed E-state index contributed by atoms with van der Waals surface area (Å²) in [6.07, 6.45) is 0.304. The Bertz CT molecular complexity index is 1310. The summed E-state index contributed by atoms with van der Waals surface area (Å²) in [5, 5.41) is 28.1. The number of hydrogen-bond acceptors (Lipinski definition) is 8. The molecular weight excluding hydrogens is 576 g/mol. The Kier molecular flexibility index (Phi) is 10.6. The minimum atomic E-state index is -1.25. The smallest absolute Gasteiger partial charge is 0.327 e. The second-order valence-electron chi connectivity index (χ2n) is 11.7.